The molecule has 1 amide bonds. The highest BCUT2D eigenvalue weighted by Crippen LogP contribution is 2.31. The molecule has 0 bridgehead atoms. The molecule has 0 N–H and O–H groups in total. The molecule has 1 saturated heterocycles. The number of rotatable bonds is 4. The van der Waals surface area contributed by atoms with Crippen LogP contribution in [0.25, 0.3) is 0 Å². The molecule has 0 aromatic carbocycles. The zero-order valence-corrected chi connectivity index (χ0v) is 12.2. The second-order valence-corrected chi connectivity index (χ2v) is 5.93. The minimum Gasteiger partial charge on any atom is -0.339 e. The summed E-state index contributed by atoms with van der Waals surface area (Å²) in [6.45, 7) is 2.76. The maximum Gasteiger partial charge on any atom is 0.228 e. The molecule has 0 aliphatic carbocycles. The molecular weight excluding hydrogens is 274 g/mol. The van der Waals surface area contributed by atoms with Gasteiger partial charge in [0, 0.05) is 17.8 Å². The monoisotopic (exact) mass is 291 g/mol. The summed E-state index contributed by atoms with van der Waals surface area (Å²) < 4.78 is 5.16. The van der Waals surface area contributed by atoms with Crippen LogP contribution in [0, 0.1) is 0 Å². The third kappa shape index (κ3) is 2.60. The molecule has 106 valence electrons. The van der Waals surface area contributed by atoms with Gasteiger partial charge >= 0.3 is 0 Å². The molecule has 1 atom stereocenters. The van der Waals surface area contributed by atoms with Gasteiger partial charge in [0.25, 0.3) is 0 Å². The molecule has 1 aliphatic rings. The van der Waals surface area contributed by atoms with Crippen LogP contribution < -0.4 is 0 Å². The van der Waals surface area contributed by atoms with Gasteiger partial charge in [0.15, 0.2) is 5.82 Å². The van der Waals surface area contributed by atoms with E-state index in [0.717, 1.165) is 30.7 Å². The molecule has 2 aromatic heterocycles. The third-order valence-corrected chi connectivity index (χ3v) is 4.44. The van der Waals surface area contributed by atoms with Crippen molar-refractivity contribution in [3.8, 4) is 0 Å². The van der Waals surface area contributed by atoms with Crippen molar-refractivity contribution in [3.05, 3.63) is 34.1 Å². The van der Waals surface area contributed by atoms with Gasteiger partial charge in [0.1, 0.15) is 0 Å². The van der Waals surface area contributed by atoms with E-state index in [1.165, 1.54) is 0 Å². The zero-order valence-electron chi connectivity index (χ0n) is 11.4. The van der Waals surface area contributed by atoms with Gasteiger partial charge in [-0.05, 0) is 24.3 Å². The van der Waals surface area contributed by atoms with Crippen LogP contribution >= 0.6 is 11.3 Å². The van der Waals surface area contributed by atoms with Crippen LogP contribution in [-0.2, 0) is 17.6 Å². The second kappa shape index (κ2) is 5.75. The number of thiophene rings is 1. The first-order valence-corrected chi connectivity index (χ1v) is 7.80. The summed E-state index contributed by atoms with van der Waals surface area (Å²) >= 11 is 1.62. The number of hydrogen-bond donors (Lipinski definition) is 0. The van der Waals surface area contributed by atoms with Crippen molar-refractivity contribution in [2.45, 2.75) is 38.6 Å². The van der Waals surface area contributed by atoms with Crippen LogP contribution in [0.4, 0.5) is 0 Å². The lowest BCUT2D eigenvalue weighted by atomic mass is 10.2. The van der Waals surface area contributed by atoms with E-state index >= 15 is 0 Å². The highest BCUT2D eigenvalue weighted by Gasteiger charge is 2.33. The standard InChI is InChI=1S/C14H17N3O2S/c1-2-12-15-14(16-19-12)11-6-3-7-17(11)13(18)9-10-5-4-8-20-10/h4-5,8,11H,2-3,6-7,9H2,1H3/t11-/m0/s1. The Labute approximate surface area is 121 Å². The number of aryl methyl sites for hydroxylation is 1. The van der Waals surface area contributed by atoms with Gasteiger partial charge in [-0.15, -0.1) is 11.3 Å². The second-order valence-electron chi connectivity index (χ2n) is 4.90. The summed E-state index contributed by atoms with van der Waals surface area (Å²) in [5.41, 5.74) is 0. The van der Waals surface area contributed by atoms with Crippen molar-refractivity contribution in [1.29, 1.82) is 0 Å². The Balaban J connectivity index is 1.73. The van der Waals surface area contributed by atoms with Crippen molar-refractivity contribution in [2.24, 2.45) is 0 Å². The van der Waals surface area contributed by atoms with E-state index in [-0.39, 0.29) is 11.9 Å². The zero-order chi connectivity index (χ0) is 13.9. The third-order valence-electron chi connectivity index (χ3n) is 3.56. The van der Waals surface area contributed by atoms with Gasteiger partial charge in [-0.2, -0.15) is 4.98 Å². The van der Waals surface area contributed by atoms with Gasteiger partial charge in [-0.1, -0.05) is 18.1 Å². The summed E-state index contributed by atoms with van der Waals surface area (Å²) in [4.78, 5) is 19.8. The van der Waals surface area contributed by atoms with E-state index < -0.39 is 0 Å². The highest BCUT2D eigenvalue weighted by atomic mass is 32.1. The molecule has 0 spiro atoms. The topological polar surface area (TPSA) is 59.2 Å². The Hall–Kier alpha value is -1.69. The summed E-state index contributed by atoms with van der Waals surface area (Å²) in [5.74, 6) is 1.44. The van der Waals surface area contributed by atoms with Crippen LogP contribution in [0.15, 0.2) is 22.0 Å². The Morgan fingerprint density at radius 1 is 1.60 bits per heavy atom. The Morgan fingerprint density at radius 2 is 2.50 bits per heavy atom. The normalized spacial score (nSPS) is 18.6. The fourth-order valence-electron chi connectivity index (χ4n) is 2.54. The van der Waals surface area contributed by atoms with E-state index in [1.807, 2.05) is 29.3 Å². The number of aromatic nitrogens is 2. The first-order valence-electron chi connectivity index (χ1n) is 6.92. The quantitative estimate of drug-likeness (QED) is 0.868. The Morgan fingerprint density at radius 3 is 3.20 bits per heavy atom. The summed E-state index contributed by atoms with van der Waals surface area (Å²) in [5, 5.41) is 6.02. The minimum atomic E-state index is -0.0217. The predicted octanol–water partition coefficient (Wildman–Crippen LogP) is 2.60. The molecule has 0 radical (unpaired) electrons. The van der Waals surface area contributed by atoms with Crippen LogP contribution in [0.5, 0.6) is 0 Å². The largest absolute Gasteiger partial charge is 0.339 e. The number of carbonyl (C=O) groups is 1. The Kier molecular flexibility index (Phi) is 3.82. The van der Waals surface area contributed by atoms with E-state index in [0.29, 0.717) is 18.1 Å². The number of nitrogens with zero attached hydrogens (tertiary/aromatic N) is 3. The first kappa shape index (κ1) is 13.3. The molecule has 3 rings (SSSR count). The van der Waals surface area contributed by atoms with Crippen LogP contribution in [0.3, 0.4) is 0 Å². The van der Waals surface area contributed by atoms with Crippen molar-refractivity contribution in [2.75, 3.05) is 6.54 Å². The summed E-state index contributed by atoms with van der Waals surface area (Å²) in [6.07, 6.45) is 3.10. The lowest BCUT2D eigenvalue weighted by Crippen LogP contribution is -2.32. The molecule has 2 aromatic rings. The molecule has 0 unspecified atom stereocenters. The molecule has 6 heteroatoms. The van der Waals surface area contributed by atoms with Gasteiger partial charge < -0.3 is 9.42 Å². The predicted molar refractivity (Wildman–Crippen MR) is 75.4 cm³/mol. The molecule has 1 aliphatic heterocycles. The molecule has 0 saturated carbocycles. The Bertz CT molecular complexity index is 579. The average Bonchev–Trinajstić information content (AvgIpc) is 3.19. The lowest BCUT2D eigenvalue weighted by molar-refractivity contribution is -0.131. The fourth-order valence-corrected chi connectivity index (χ4v) is 3.24. The molecule has 5 nitrogen and oxygen atoms in total. The molecule has 1 fully saturated rings. The van der Waals surface area contributed by atoms with Crippen molar-refractivity contribution in [3.63, 3.8) is 0 Å². The number of hydrogen-bond acceptors (Lipinski definition) is 5. The van der Waals surface area contributed by atoms with Gasteiger partial charge in [0.2, 0.25) is 11.8 Å². The number of likely N-dealkylation sites (tertiary alicyclic amines) is 1. The molecule has 20 heavy (non-hydrogen) atoms. The maximum atomic E-state index is 12.4. The van der Waals surface area contributed by atoms with Crippen molar-refractivity contribution >= 4 is 17.2 Å². The van der Waals surface area contributed by atoms with E-state index in [1.54, 1.807) is 11.3 Å². The number of carbonyl (C=O) groups excluding carboxylic acids is 1. The smallest absolute Gasteiger partial charge is 0.228 e. The van der Waals surface area contributed by atoms with Crippen molar-refractivity contribution < 1.29 is 9.32 Å². The van der Waals surface area contributed by atoms with Crippen LogP contribution in [0.2, 0.25) is 0 Å². The van der Waals surface area contributed by atoms with Gasteiger partial charge in [-0.3, -0.25) is 4.79 Å². The SMILES string of the molecule is CCc1nc([C@@H]2CCCN2C(=O)Cc2cccs2)no1. The van der Waals surface area contributed by atoms with E-state index in [2.05, 4.69) is 10.1 Å². The minimum absolute atomic E-state index is 0.0217. The summed E-state index contributed by atoms with van der Waals surface area (Å²) in [7, 11) is 0. The van der Waals surface area contributed by atoms with Crippen molar-refractivity contribution in [1.82, 2.24) is 15.0 Å². The number of amides is 1. The van der Waals surface area contributed by atoms with Gasteiger partial charge in [0.05, 0.1) is 12.5 Å². The molecular formula is C14H17N3O2S. The first-order chi connectivity index (χ1) is 9.78. The fraction of sp³-hybridized carbons (Fsp3) is 0.500. The van der Waals surface area contributed by atoms with Crippen LogP contribution in [0.1, 0.15) is 42.4 Å². The van der Waals surface area contributed by atoms with Gasteiger partial charge in [-0.25, -0.2) is 0 Å². The molecule has 3 heterocycles. The maximum absolute atomic E-state index is 12.4. The highest BCUT2D eigenvalue weighted by molar-refractivity contribution is 7.10. The van der Waals surface area contributed by atoms with E-state index in [4.69, 9.17) is 4.52 Å². The average molecular weight is 291 g/mol. The van der Waals surface area contributed by atoms with Crippen LogP contribution in [-0.4, -0.2) is 27.5 Å². The summed E-state index contributed by atoms with van der Waals surface area (Å²) in [6, 6.07) is 3.95. The lowest BCUT2D eigenvalue weighted by Gasteiger charge is -2.21. The van der Waals surface area contributed by atoms with E-state index in [9.17, 15) is 4.79 Å².